The van der Waals surface area contributed by atoms with E-state index < -0.39 is 0 Å². The molecule has 5 nitrogen and oxygen atoms in total. The van der Waals surface area contributed by atoms with Crippen molar-refractivity contribution in [2.45, 2.75) is 39.7 Å². The number of methoxy groups -OCH3 is 2. The highest BCUT2D eigenvalue weighted by molar-refractivity contribution is 5.97. The predicted octanol–water partition coefficient (Wildman–Crippen LogP) is 4.42. The first-order valence-corrected chi connectivity index (χ1v) is 9.78. The van der Waals surface area contributed by atoms with Crippen LogP contribution in [0, 0.1) is 0 Å². The Morgan fingerprint density at radius 2 is 1.82 bits per heavy atom. The molecule has 3 rings (SSSR count). The number of hydrogen-bond donors (Lipinski definition) is 0. The minimum absolute atomic E-state index is 0.0196. The maximum absolute atomic E-state index is 13.3. The fourth-order valence-corrected chi connectivity index (χ4v) is 3.68. The summed E-state index contributed by atoms with van der Waals surface area (Å²) in [6.45, 7) is 8.03. The number of carbonyl (C=O) groups excluding carboxylic acids is 1. The normalized spacial score (nSPS) is 13.3. The lowest BCUT2D eigenvalue weighted by atomic mass is 9.96. The van der Waals surface area contributed by atoms with Gasteiger partial charge in [-0.3, -0.25) is 4.79 Å². The lowest BCUT2D eigenvalue weighted by molar-refractivity contribution is 0.0731. The molecule has 0 N–H and O–H groups in total. The van der Waals surface area contributed by atoms with Crippen LogP contribution >= 0.6 is 0 Å². The van der Waals surface area contributed by atoms with Gasteiger partial charge in [0.25, 0.3) is 5.91 Å². The first-order chi connectivity index (χ1) is 13.5. The van der Waals surface area contributed by atoms with Gasteiger partial charge in [-0.2, -0.15) is 0 Å². The van der Waals surface area contributed by atoms with Crippen molar-refractivity contribution in [1.29, 1.82) is 0 Å². The Balaban J connectivity index is 1.92. The molecule has 0 unspecified atom stereocenters. The molecule has 2 aromatic rings. The molecule has 0 spiro atoms. The third-order valence-corrected chi connectivity index (χ3v) is 5.19. The van der Waals surface area contributed by atoms with Gasteiger partial charge in [-0.1, -0.05) is 19.9 Å². The van der Waals surface area contributed by atoms with E-state index in [1.807, 2.05) is 36.1 Å². The largest absolute Gasteiger partial charge is 0.496 e. The number of fused-ring (bicyclic) bond motifs is 1. The monoisotopic (exact) mass is 383 g/mol. The zero-order valence-electron chi connectivity index (χ0n) is 17.4. The molecule has 0 aromatic heterocycles. The lowest BCUT2D eigenvalue weighted by Crippen LogP contribution is -2.36. The van der Waals surface area contributed by atoms with Gasteiger partial charge < -0.3 is 19.1 Å². The summed E-state index contributed by atoms with van der Waals surface area (Å²) in [5, 5.41) is 0. The fraction of sp³-hybridized carbons (Fsp3) is 0.435. The number of amides is 1. The molecule has 1 aliphatic rings. The third kappa shape index (κ3) is 3.93. The lowest BCUT2D eigenvalue weighted by Gasteiger charge is -2.30. The van der Waals surface area contributed by atoms with Crippen LogP contribution < -0.4 is 14.2 Å². The summed E-state index contributed by atoms with van der Waals surface area (Å²) in [4.78, 5) is 15.2. The molecule has 0 saturated heterocycles. The molecule has 2 aromatic carbocycles. The highest BCUT2D eigenvalue weighted by Crippen LogP contribution is 2.35. The van der Waals surface area contributed by atoms with Crippen LogP contribution in [0.25, 0.3) is 0 Å². The Morgan fingerprint density at radius 3 is 2.46 bits per heavy atom. The maximum Gasteiger partial charge on any atom is 0.257 e. The van der Waals surface area contributed by atoms with Crippen LogP contribution in [0.5, 0.6) is 17.2 Å². The number of ether oxygens (including phenoxy) is 3. The summed E-state index contributed by atoms with van der Waals surface area (Å²) in [7, 11) is 3.22. The molecule has 1 aliphatic heterocycles. The molecule has 5 heteroatoms. The topological polar surface area (TPSA) is 48.0 Å². The Morgan fingerprint density at radius 1 is 1.07 bits per heavy atom. The molecule has 28 heavy (non-hydrogen) atoms. The molecule has 150 valence electrons. The van der Waals surface area contributed by atoms with Crippen LogP contribution in [0.15, 0.2) is 30.3 Å². The first kappa shape index (κ1) is 20.1. The van der Waals surface area contributed by atoms with Crippen LogP contribution in [0.4, 0.5) is 0 Å². The van der Waals surface area contributed by atoms with Gasteiger partial charge in [0.15, 0.2) is 0 Å². The van der Waals surface area contributed by atoms with E-state index in [0.717, 1.165) is 29.0 Å². The molecular weight excluding hydrogens is 354 g/mol. The Labute approximate surface area is 167 Å². The van der Waals surface area contributed by atoms with E-state index in [-0.39, 0.29) is 11.8 Å². The van der Waals surface area contributed by atoms with Crippen molar-refractivity contribution in [2.75, 3.05) is 27.4 Å². The number of carbonyl (C=O) groups is 1. The average Bonchev–Trinajstić information content (AvgIpc) is 2.71. The van der Waals surface area contributed by atoms with Gasteiger partial charge in [0.1, 0.15) is 17.2 Å². The summed E-state index contributed by atoms with van der Waals surface area (Å²) >= 11 is 0. The molecule has 0 radical (unpaired) electrons. The Kier molecular flexibility index (Phi) is 6.12. The van der Waals surface area contributed by atoms with Crippen molar-refractivity contribution in [2.24, 2.45) is 0 Å². The number of rotatable bonds is 6. The van der Waals surface area contributed by atoms with E-state index in [4.69, 9.17) is 14.2 Å². The number of hydrogen-bond acceptors (Lipinski definition) is 4. The van der Waals surface area contributed by atoms with Gasteiger partial charge in [-0.25, -0.2) is 0 Å². The molecule has 1 amide bonds. The van der Waals surface area contributed by atoms with Crippen molar-refractivity contribution in [3.63, 3.8) is 0 Å². The van der Waals surface area contributed by atoms with Crippen molar-refractivity contribution >= 4 is 5.91 Å². The van der Waals surface area contributed by atoms with E-state index >= 15 is 0 Å². The molecular formula is C23H29NO4. The second-order valence-electron chi connectivity index (χ2n) is 7.29. The van der Waals surface area contributed by atoms with Gasteiger partial charge in [-0.05, 0) is 54.2 Å². The molecule has 0 aliphatic carbocycles. The van der Waals surface area contributed by atoms with E-state index in [1.165, 1.54) is 5.56 Å². The summed E-state index contributed by atoms with van der Waals surface area (Å²) in [5.74, 6) is 2.35. The second-order valence-corrected chi connectivity index (χ2v) is 7.29. The van der Waals surface area contributed by atoms with Crippen LogP contribution in [0.3, 0.4) is 0 Å². The van der Waals surface area contributed by atoms with Gasteiger partial charge in [0.05, 0.1) is 26.4 Å². The SMILES string of the molecule is CCOc1ccc2c(c1)CN(C(=O)c1cc(C(C)C)c(OC)cc1OC)CC2. The van der Waals surface area contributed by atoms with E-state index in [2.05, 4.69) is 19.9 Å². The van der Waals surface area contributed by atoms with Crippen LogP contribution in [0.1, 0.15) is 53.7 Å². The van der Waals surface area contributed by atoms with Gasteiger partial charge in [0.2, 0.25) is 0 Å². The Hall–Kier alpha value is -2.69. The highest BCUT2D eigenvalue weighted by Gasteiger charge is 2.26. The summed E-state index contributed by atoms with van der Waals surface area (Å²) in [5.41, 5.74) is 4.00. The minimum Gasteiger partial charge on any atom is -0.496 e. The molecule has 0 bridgehead atoms. The van der Waals surface area contributed by atoms with E-state index in [1.54, 1.807) is 14.2 Å². The highest BCUT2D eigenvalue weighted by atomic mass is 16.5. The minimum atomic E-state index is -0.0196. The Bertz CT molecular complexity index is 860. The van der Waals surface area contributed by atoms with Crippen molar-refractivity contribution in [1.82, 2.24) is 4.90 Å². The van der Waals surface area contributed by atoms with Gasteiger partial charge in [0, 0.05) is 19.2 Å². The second kappa shape index (κ2) is 8.55. The smallest absolute Gasteiger partial charge is 0.257 e. The van der Waals surface area contributed by atoms with Gasteiger partial charge in [-0.15, -0.1) is 0 Å². The standard InChI is InChI=1S/C23H29NO4/c1-6-28-18-8-7-16-9-10-24(14-17(16)11-18)23(25)20-12-19(15(2)3)21(26-4)13-22(20)27-5/h7-8,11-13,15H,6,9-10,14H2,1-5H3. The summed E-state index contributed by atoms with van der Waals surface area (Å²) in [6, 6.07) is 9.88. The fourth-order valence-electron chi connectivity index (χ4n) is 3.68. The van der Waals surface area contributed by atoms with E-state index in [0.29, 0.717) is 31.0 Å². The zero-order chi connectivity index (χ0) is 20.3. The predicted molar refractivity (Wildman–Crippen MR) is 110 cm³/mol. The van der Waals surface area contributed by atoms with Crippen molar-refractivity contribution in [3.05, 3.63) is 52.6 Å². The quantitative estimate of drug-likeness (QED) is 0.741. The van der Waals surface area contributed by atoms with Crippen LogP contribution in [-0.2, 0) is 13.0 Å². The summed E-state index contributed by atoms with van der Waals surface area (Å²) in [6.07, 6.45) is 0.836. The first-order valence-electron chi connectivity index (χ1n) is 9.78. The maximum atomic E-state index is 13.3. The third-order valence-electron chi connectivity index (χ3n) is 5.19. The zero-order valence-corrected chi connectivity index (χ0v) is 17.4. The number of nitrogens with zero attached hydrogens (tertiary/aromatic N) is 1. The van der Waals surface area contributed by atoms with E-state index in [9.17, 15) is 4.79 Å². The van der Waals surface area contributed by atoms with Crippen LogP contribution in [-0.4, -0.2) is 38.2 Å². The molecule has 0 saturated carbocycles. The van der Waals surface area contributed by atoms with Crippen molar-refractivity contribution in [3.8, 4) is 17.2 Å². The van der Waals surface area contributed by atoms with Crippen molar-refractivity contribution < 1.29 is 19.0 Å². The molecule has 0 atom stereocenters. The van der Waals surface area contributed by atoms with Crippen LogP contribution in [0.2, 0.25) is 0 Å². The summed E-state index contributed by atoms with van der Waals surface area (Å²) < 4.78 is 16.6. The number of benzene rings is 2. The molecule has 1 heterocycles. The molecule has 0 fully saturated rings. The average molecular weight is 383 g/mol. The van der Waals surface area contributed by atoms with Gasteiger partial charge >= 0.3 is 0 Å².